The summed E-state index contributed by atoms with van der Waals surface area (Å²) in [5, 5.41) is 11.8. The fraction of sp³-hybridized carbons (Fsp3) is 0.400. The zero-order chi connectivity index (χ0) is 14.7. The monoisotopic (exact) mass is 310 g/mol. The molecule has 1 heterocycles. The number of rotatable bonds is 5. The van der Waals surface area contributed by atoms with Crippen molar-refractivity contribution in [2.45, 2.75) is 19.4 Å². The Balaban J connectivity index is 2.24. The van der Waals surface area contributed by atoms with Gasteiger partial charge in [-0.25, -0.2) is 4.98 Å². The van der Waals surface area contributed by atoms with E-state index in [0.717, 1.165) is 27.7 Å². The molecule has 1 aromatic carbocycles. The quantitative estimate of drug-likeness (QED) is 0.913. The summed E-state index contributed by atoms with van der Waals surface area (Å²) < 4.78 is 0. The van der Waals surface area contributed by atoms with E-state index in [9.17, 15) is 5.11 Å². The summed E-state index contributed by atoms with van der Waals surface area (Å²) in [5.74, 6) is 0. The molecule has 3 nitrogen and oxygen atoms in total. The molecule has 0 aliphatic heterocycles. The van der Waals surface area contributed by atoms with E-state index in [4.69, 9.17) is 11.6 Å². The molecule has 1 aromatic heterocycles. The van der Waals surface area contributed by atoms with Crippen molar-refractivity contribution >= 4 is 22.9 Å². The largest absolute Gasteiger partial charge is 0.387 e. The summed E-state index contributed by atoms with van der Waals surface area (Å²) >= 11 is 7.72. The molecule has 1 unspecified atom stereocenters. The third-order valence-electron chi connectivity index (χ3n) is 3.09. The molecule has 5 heteroatoms. The molecule has 0 amide bonds. The number of halogens is 1. The zero-order valence-corrected chi connectivity index (χ0v) is 13.5. The van der Waals surface area contributed by atoms with Crippen LogP contribution in [0.4, 0.5) is 0 Å². The van der Waals surface area contributed by atoms with Crippen molar-refractivity contribution in [1.82, 2.24) is 9.88 Å². The summed E-state index contributed by atoms with van der Waals surface area (Å²) in [4.78, 5) is 7.55. The Morgan fingerprint density at radius 1 is 1.35 bits per heavy atom. The maximum atomic E-state index is 10.3. The highest BCUT2D eigenvalue weighted by atomic mass is 35.5. The fourth-order valence-electron chi connectivity index (χ4n) is 1.98. The van der Waals surface area contributed by atoms with Gasteiger partial charge >= 0.3 is 0 Å². The number of aromatic nitrogens is 1. The minimum absolute atomic E-state index is 0.467. The first kappa shape index (κ1) is 15.4. The second kappa shape index (κ2) is 6.68. The summed E-state index contributed by atoms with van der Waals surface area (Å²) in [5.41, 5.74) is 1.81. The van der Waals surface area contributed by atoms with Gasteiger partial charge in [-0.05, 0) is 33.5 Å². The number of aliphatic hydroxyl groups excluding tert-OH is 1. The molecule has 1 atom stereocenters. The van der Waals surface area contributed by atoms with Crippen LogP contribution in [0.3, 0.4) is 0 Å². The summed E-state index contributed by atoms with van der Waals surface area (Å²) in [6.07, 6.45) is 0.240. The van der Waals surface area contributed by atoms with Gasteiger partial charge in [0.05, 0.1) is 21.7 Å². The van der Waals surface area contributed by atoms with Gasteiger partial charge in [-0.3, -0.25) is 0 Å². The number of aryl methyl sites for hydroxylation is 1. The van der Waals surface area contributed by atoms with Crippen LogP contribution in [0, 0.1) is 6.92 Å². The number of aliphatic hydroxyl groups is 1. The van der Waals surface area contributed by atoms with E-state index < -0.39 is 6.10 Å². The lowest BCUT2D eigenvalue weighted by Crippen LogP contribution is -2.15. The van der Waals surface area contributed by atoms with E-state index in [2.05, 4.69) is 9.88 Å². The Kier molecular flexibility index (Phi) is 5.16. The maximum Gasteiger partial charge on any atom is 0.125 e. The van der Waals surface area contributed by atoms with Crippen molar-refractivity contribution < 1.29 is 5.11 Å². The number of thiazole rings is 1. The second-order valence-corrected chi connectivity index (χ2v) is 6.49. The summed E-state index contributed by atoms with van der Waals surface area (Å²) in [7, 11) is 4.00. The van der Waals surface area contributed by atoms with Gasteiger partial charge in [-0.15, -0.1) is 11.3 Å². The lowest BCUT2D eigenvalue weighted by atomic mass is 10.2. The smallest absolute Gasteiger partial charge is 0.125 e. The fourth-order valence-corrected chi connectivity index (χ4v) is 3.39. The lowest BCUT2D eigenvalue weighted by Gasteiger charge is -2.13. The molecule has 2 aromatic rings. The van der Waals surface area contributed by atoms with Crippen LogP contribution in [0.25, 0.3) is 10.6 Å². The highest BCUT2D eigenvalue weighted by Gasteiger charge is 2.17. The highest BCUT2D eigenvalue weighted by molar-refractivity contribution is 7.15. The van der Waals surface area contributed by atoms with Gasteiger partial charge in [0.15, 0.2) is 0 Å². The van der Waals surface area contributed by atoms with Gasteiger partial charge in [-0.1, -0.05) is 29.8 Å². The summed E-state index contributed by atoms with van der Waals surface area (Å²) in [6, 6.07) is 7.66. The van der Waals surface area contributed by atoms with Crippen LogP contribution >= 0.6 is 22.9 Å². The average molecular weight is 311 g/mol. The molecular weight excluding hydrogens is 292 g/mol. The lowest BCUT2D eigenvalue weighted by molar-refractivity contribution is 0.157. The van der Waals surface area contributed by atoms with Crippen LogP contribution in [0.5, 0.6) is 0 Å². The Bertz CT molecular complexity index is 583. The first-order chi connectivity index (χ1) is 9.49. The predicted molar refractivity (Wildman–Crippen MR) is 85.4 cm³/mol. The molecule has 1 N–H and O–H groups in total. The van der Waals surface area contributed by atoms with E-state index in [1.807, 2.05) is 45.3 Å². The summed E-state index contributed by atoms with van der Waals surface area (Å²) in [6.45, 7) is 2.78. The van der Waals surface area contributed by atoms with Gasteiger partial charge < -0.3 is 10.0 Å². The zero-order valence-electron chi connectivity index (χ0n) is 11.9. The molecule has 0 spiro atoms. The minimum Gasteiger partial charge on any atom is -0.387 e. The number of hydrogen-bond acceptors (Lipinski definition) is 4. The Labute approximate surface area is 128 Å². The average Bonchev–Trinajstić information content (AvgIpc) is 2.78. The Morgan fingerprint density at radius 3 is 2.70 bits per heavy atom. The maximum absolute atomic E-state index is 10.3. The van der Waals surface area contributed by atoms with Crippen LogP contribution in [-0.2, 0) is 0 Å². The van der Waals surface area contributed by atoms with Gasteiger partial charge in [0, 0.05) is 12.1 Å². The van der Waals surface area contributed by atoms with E-state index in [1.54, 1.807) is 0 Å². The van der Waals surface area contributed by atoms with Crippen LogP contribution in [0.1, 0.15) is 23.1 Å². The Hall–Kier alpha value is -0.940. The number of nitrogens with zero attached hydrogens (tertiary/aromatic N) is 2. The van der Waals surface area contributed by atoms with Crippen LogP contribution in [0.15, 0.2) is 24.3 Å². The van der Waals surface area contributed by atoms with Crippen molar-refractivity contribution in [2.75, 3.05) is 20.6 Å². The molecule has 0 saturated carbocycles. The molecule has 2 rings (SSSR count). The van der Waals surface area contributed by atoms with Gasteiger partial charge in [0.1, 0.15) is 5.01 Å². The van der Waals surface area contributed by atoms with E-state index in [0.29, 0.717) is 11.4 Å². The Morgan fingerprint density at radius 2 is 2.05 bits per heavy atom. The molecule has 0 fully saturated rings. The predicted octanol–water partition coefficient (Wildman–Crippen LogP) is 3.76. The van der Waals surface area contributed by atoms with Gasteiger partial charge in [-0.2, -0.15) is 0 Å². The highest BCUT2D eigenvalue weighted by Crippen LogP contribution is 2.35. The van der Waals surface area contributed by atoms with Crippen LogP contribution in [-0.4, -0.2) is 35.6 Å². The van der Waals surface area contributed by atoms with E-state index in [1.165, 1.54) is 11.3 Å². The molecule has 0 saturated heterocycles. The molecule has 20 heavy (non-hydrogen) atoms. The van der Waals surface area contributed by atoms with Crippen molar-refractivity contribution in [3.63, 3.8) is 0 Å². The van der Waals surface area contributed by atoms with Crippen molar-refractivity contribution in [3.8, 4) is 10.6 Å². The van der Waals surface area contributed by atoms with Crippen molar-refractivity contribution in [2.24, 2.45) is 0 Å². The van der Waals surface area contributed by atoms with E-state index in [-0.39, 0.29) is 0 Å². The van der Waals surface area contributed by atoms with Crippen molar-refractivity contribution in [1.29, 1.82) is 0 Å². The first-order valence-electron chi connectivity index (χ1n) is 6.54. The van der Waals surface area contributed by atoms with Crippen LogP contribution in [0.2, 0.25) is 5.02 Å². The van der Waals surface area contributed by atoms with Gasteiger partial charge in [0.2, 0.25) is 0 Å². The SMILES string of the molecule is Cc1nc(-c2ccccc2Cl)sc1C(O)CCN(C)C. The third-order valence-corrected chi connectivity index (χ3v) is 4.71. The van der Waals surface area contributed by atoms with Crippen molar-refractivity contribution in [3.05, 3.63) is 39.9 Å². The first-order valence-corrected chi connectivity index (χ1v) is 7.73. The van der Waals surface area contributed by atoms with Crippen LogP contribution < -0.4 is 0 Å². The topological polar surface area (TPSA) is 36.4 Å². The normalized spacial score (nSPS) is 12.9. The number of benzene rings is 1. The second-order valence-electron chi connectivity index (χ2n) is 5.06. The third kappa shape index (κ3) is 3.58. The standard InChI is InChI=1S/C15H19ClN2OS/c1-10-14(13(19)8-9-18(2)3)20-15(17-10)11-6-4-5-7-12(11)16/h4-7,13,19H,8-9H2,1-3H3. The molecule has 0 aliphatic rings. The minimum atomic E-state index is -0.467. The molecule has 0 bridgehead atoms. The van der Waals surface area contributed by atoms with Gasteiger partial charge in [0.25, 0.3) is 0 Å². The molecular formula is C15H19ClN2OS. The molecule has 0 radical (unpaired) electrons. The molecule has 108 valence electrons. The number of hydrogen-bond donors (Lipinski definition) is 1. The van der Waals surface area contributed by atoms with E-state index >= 15 is 0 Å². The molecule has 0 aliphatic carbocycles.